The van der Waals surface area contributed by atoms with Gasteiger partial charge in [-0.3, -0.25) is 4.79 Å². The van der Waals surface area contributed by atoms with Gasteiger partial charge in [-0.25, -0.2) is 0 Å². The van der Waals surface area contributed by atoms with Crippen LogP contribution in [-0.2, 0) is 17.8 Å². The van der Waals surface area contributed by atoms with Gasteiger partial charge in [0.2, 0.25) is 5.91 Å². The Balaban J connectivity index is 1.97. The van der Waals surface area contributed by atoms with Gasteiger partial charge in [-0.2, -0.15) is 0 Å². The van der Waals surface area contributed by atoms with Gasteiger partial charge in [0, 0.05) is 30.3 Å². The largest absolute Gasteiger partial charge is 0.356 e. The number of nitrogens with one attached hydrogen (secondary N) is 1. The highest BCUT2D eigenvalue weighted by molar-refractivity contribution is 5.94. The number of fused-ring (bicyclic) bond motifs is 1. The van der Waals surface area contributed by atoms with Gasteiger partial charge >= 0.3 is 0 Å². The first-order valence-electron chi connectivity index (χ1n) is 5.85. The van der Waals surface area contributed by atoms with Crippen molar-refractivity contribution in [1.82, 2.24) is 5.16 Å². The van der Waals surface area contributed by atoms with Crippen LogP contribution >= 0.6 is 0 Å². The Morgan fingerprint density at radius 3 is 3.00 bits per heavy atom. The van der Waals surface area contributed by atoms with E-state index in [9.17, 15) is 4.79 Å². The first-order valence-corrected chi connectivity index (χ1v) is 5.85. The summed E-state index contributed by atoms with van der Waals surface area (Å²) in [6.45, 7) is 0.366. The maximum Gasteiger partial charge on any atom is 0.224 e. The number of anilines is 1. The summed E-state index contributed by atoms with van der Waals surface area (Å²) in [6.07, 6.45) is 1.29. The average molecular weight is 243 g/mol. The zero-order valence-corrected chi connectivity index (χ0v) is 9.77. The van der Waals surface area contributed by atoms with Crippen molar-refractivity contribution < 1.29 is 9.32 Å². The van der Waals surface area contributed by atoms with E-state index < -0.39 is 0 Å². The molecule has 0 saturated heterocycles. The van der Waals surface area contributed by atoms with Crippen LogP contribution in [0.15, 0.2) is 28.8 Å². The fourth-order valence-corrected chi connectivity index (χ4v) is 2.08. The van der Waals surface area contributed by atoms with Crippen molar-refractivity contribution in [3.8, 4) is 11.3 Å². The predicted molar refractivity (Wildman–Crippen MR) is 66.8 cm³/mol. The molecule has 0 aliphatic carbocycles. The normalized spacial score (nSPS) is 14.2. The molecule has 0 unspecified atom stereocenters. The van der Waals surface area contributed by atoms with E-state index >= 15 is 0 Å². The van der Waals surface area contributed by atoms with E-state index in [0.29, 0.717) is 18.7 Å². The first kappa shape index (κ1) is 11.0. The lowest BCUT2D eigenvalue weighted by Crippen LogP contribution is -2.18. The maximum atomic E-state index is 11.3. The second-order valence-electron chi connectivity index (χ2n) is 4.31. The second kappa shape index (κ2) is 4.27. The fraction of sp³-hybridized carbons (Fsp3) is 0.231. The highest BCUT2D eigenvalue weighted by Gasteiger charge is 2.16. The molecule has 1 aliphatic heterocycles. The van der Waals surface area contributed by atoms with E-state index in [4.69, 9.17) is 10.3 Å². The van der Waals surface area contributed by atoms with E-state index in [-0.39, 0.29) is 5.91 Å². The monoisotopic (exact) mass is 243 g/mol. The molecule has 0 saturated carbocycles. The Kier molecular flexibility index (Phi) is 2.60. The quantitative estimate of drug-likeness (QED) is 0.840. The molecule has 1 aromatic heterocycles. The lowest BCUT2D eigenvalue weighted by Gasteiger charge is -2.16. The van der Waals surface area contributed by atoms with Crippen LogP contribution in [0.1, 0.15) is 17.7 Å². The maximum absolute atomic E-state index is 11.3. The third-order valence-corrected chi connectivity index (χ3v) is 3.05. The summed E-state index contributed by atoms with van der Waals surface area (Å²) >= 11 is 0. The Bertz CT molecular complexity index is 604. The second-order valence-corrected chi connectivity index (χ2v) is 4.31. The van der Waals surface area contributed by atoms with E-state index in [1.54, 1.807) is 0 Å². The summed E-state index contributed by atoms with van der Waals surface area (Å²) in [5.74, 6) is 0.774. The molecule has 0 spiro atoms. The minimum Gasteiger partial charge on any atom is -0.356 e. The highest BCUT2D eigenvalue weighted by Crippen LogP contribution is 2.28. The topological polar surface area (TPSA) is 81.2 Å². The summed E-state index contributed by atoms with van der Waals surface area (Å²) in [6, 6.07) is 7.66. The molecule has 2 aromatic rings. The van der Waals surface area contributed by atoms with Crippen molar-refractivity contribution in [2.45, 2.75) is 19.4 Å². The molecular weight excluding hydrogens is 230 g/mol. The van der Waals surface area contributed by atoms with Gasteiger partial charge in [-0.1, -0.05) is 5.16 Å². The Labute approximate surface area is 104 Å². The van der Waals surface area contributed by atoms with Gasteiger partial charge < -0.3 is 15.6 Å². The number of nitrogens with two attached hydrogens (primary N) is 1. The van der Waals surface area contributed by atoms with Gasteiger partial charge in [0.05, 0.1) is 5.69 Å². The SMILES string of the molecule is NCc1cc(-c2ccc3c(c2)CCC(=O)N3)on1. The molecule has 5 heteroatoms. The van der Waals surface area contributed by atoms with Crippen molar-refractivity contribution in [2.24, 2.45) is 5.73 Å². The molecule has 5 nitrogen and oxygen atoms in total. The van der Waals surface area contributed by atoms with Gasteiger partial charge in [-0.05, 0) is 30.2 Å². The zero-order valence-electron chi connectivity index (χ0n) is 9.77. The van der Waals surface area contributed by atoms with Crippen molar-refractivity contribution in [2.75, 3.05) is 5.32 Å². The van der Waals surface area contributed by atoms with Crippen LogP contribution in [-0.4, -0.2) is 11.1 Å². The van der Waals surface area contributed by atoms with Gasteiger partial charge in [-0.15, -0.1) is 0 Å². The van der Waals surface area contributed by atoms with E-state index in [1.807, 2.05) is 24.3 Å². The van der Waals surface area contributed by atoms with Crippen molar-refractivity contribution in [1.29, 1.82) is 0 Å². The zero-order chi connectivity index (χ0) is 12.5. The van der Waals surface area contributed by atoms with E-state index in [1.165, 1.54) is 0 Å². The number of carbonyl (C=O) groups is 1. The van der Waals surface area contributed by atoms with Crippen LogP contribution in [0.5, 0.6) is 0 Å². The number of benzene rings is 1. The summed E-state index contributed by atoms with van der Waals surface area (Å²) in [5.41, 5.74) is 9.19. The molecule has 0 bridgehead atoms. The molecule has 3 N–H and O–H groups in total. The van der Waals surface area contributed by atoms with Crippen LogP contribution in [0.2, 0.25) is 0 Å². The number of nitrogens with zero attached hydrogens (tertiary/aromatic N) is 1. The number of hydrogen-bond acceptors (Lipinski definition) is 4. The molecule has 3 rings (SSSR count). The first-order chi connectivity index (χ1) is 8.76. The van der Waals surface area contributed by atoms with Crippen LogP contribution < -0.4 is 11.1 Å². The molecular formula is C13H13N3O2. The van der Waals surface area contributed by atoms with Crippen molar-refractivity contribution in [3.63, 3.8) is 0 Å². The Hall–Kier alpha value is -2.14. The summed E-state index contributed by atoms with van der Waals surface area (Å²) in [4.78, 5) is 11.3. The number of aryl methyl sites for hydroxylation is 1. The van der Waals surface area contributed by atoms with E-state index in [2.05, 4.69) is 10.5 Å². The van der Waals surface area contributed by atoms with Gasteiger partial charge in [0.25, 0.3) is 0 Å². The van der Waals surface area contributed by atoms with Crippen LogP contribution in [0.4, 0.5) is 5.69 Å². The minimum absolute atomic E-state index is 0.0698. The Morgan fingerprint density at radius 2 is 2.22 bits per heavy atom. The number of rotatable bonds is 2. The number of aromatic nitrogens is 1. The van der Waals surface area contributed by atoms with Crippen molar-refractivity contribution in [3.05, 3.63) is 35.5 Å². The lowest BCUT2D eigenvalue weighted by atomic mass is 9.99. The molecule has 1 amide bonds. The third kappa shape index (κ3) is 1.89. The van der Waals surface area contributed by atoms with Gasteiger partial charge in [0.15, 0.2) is 5.76 Å². The van der Waals surface area contributed by atoms with Crippen LogP contribution in [0, 0.1) is 0 Å². The minimum atomic E-state index is 0.0698. The molecule has 2 heterocycles. The van der Waals surface area contributed by atoms with Crippen molar-refractivity contribution >= 4 is 11.6 Å². The molecule has 0 fully saturated rings. The molecule has 1 aliphatic rings. The number of carbonyl (C=O) groups excluding carboxylic acids is 1. The summed E-state index contributed by atoms with van der Waals surface area (Å²) in [7, 11) is 0. The fourth-order valence-electron chi connectivity index (χ4n) is 2.08. The Morgan fingerprint density at radius 1 is 1.33 bits per heavy atom. The van der Waals surface area contributed by atoms with E-state index in [0.717, 1.165) is 28.9 Å². The number of amides is 1. The van der Waals surface area contributed by atoms with Crippen LogP contribution in [0.25, 0.3) is 11.3 Å². The standard InChI is InChI=1S/C13H13N3O2/c14-7-10-6-12(18-16-10)9-1-3-11-8(5-9)2-4-13(17)15-11/h1,3,5-6H,2,4,7,14H2,(H,15,17). The molecule has 92 valence electrons. The smallest absolute Gasteiger partial charge is 0.224 e. The molecule has 18 heavy (non-hydrogen) atoms. The summed E-state index contributed by atoms with van der Waals surface area (Å²) < 4.78 is 5.24. The molecule has 1 aromatic carbocycles. The summed E-state index contributed by atoms with van der Waals surface area (Å²) in [5, 5.41) is 6.72. The van der Waals surface area contributed by atoms with Gasteiger partial charge in [0.1, 0.15) is 0 Å². The lowest BCUT2D eigenvalue weighted by molar-refractivity contribution is -0.116. The average Bonchev–Trinajstić information content (AvgIpc) is 2.87. The molecule has 0 atom stereocenters. The predicted octanol–water partition coefficient (Wildman–Crippen LogP) is 1.68. The number of hydrogen-bond donors (Lipinski definition) is 2. The third-order valence-electron chi connectivity index (χ3n) is 3.05. The molecule has 0 radical (unpaired) electrons. The highest BCUT2D eigenvalue weighted by atomic mass is 16.5. The van der Waals surface area contributed by atoms with Crippen LogP contribution in [0.3, 0.4) is 0 Å².